The fraction of sp³-hybridized carbons (Fsp3) is 0.188. The fourth-order valence-corrected chi connectivity index (χ4v) is 2.19. The van der Waals surface area contributed by atoms with Crippen molar-refractivity contribution in [2.45, 2.75) is 20.8 Å². The lowest BCUT2D eigenvalue weighted by molar-refractivity contribution is 0.459. The Labute approximate surface area is 127 Å². The van der Waals surface area contributed by atoms with Crippen LogP contribution in [-0.4, -0.2) is 19.7 Å². The fourth-order valence-electron chi connectivity index (χ4n) is 2.19. The van der Waals surface area contributed by atoms with Crippen LogP contribution in [0.5, 0.6) is 11.6 Å². The number of ether oxygens (including phenoxy) is 1. The molecule has 6 nitrogen and oxygen atoms in total. The van der Waals surface area contributed by atoms with Gasteiger partial charge in [-0.05, 0) is 44.0 Å². The third-order valence-corrected chi connectivity index (χ3v) is 3.59. The van der Waals surface area contributed by atoms with Gasteiger partial charge in [0.15, 0.2) is 0 Å². The van der Waals surface area contributed by atoms with Crippen LogP contribution in [0.2, 0.25) is 0 Å². The number of nitrogens with one attached hydrogen (secondary N) is 1. The molecule has 6 heteroatoms. The first-order valence-electron chi connectivity index (χ1n) is 6.91. The zero-order valence-electron chi connectivity index (χ0n) is 12.6. The van der Waals surface area contributed by atoms with Crippen LogP contribution >= 0.6 is 0 Å². The minimum absolute atomic E-state index is 0.289. The van der Waals surface area contributed by atoms with E-state index >= 15 is 0 Å². The predicted octanol–water partition coefficient (Wildman–Crippen LogP) is 2.67. The maximum atomic E-state index is 11.7. The van der Waals surface area contributed by atoms with Gasteiger partial charge in [-0.1, -0.05) is 12.1 Å². The van der Waals surface area contributed by atoms with Gasteiger partial charge in [-0.2, -0.15) is 5.10 Å². The number of hydrogen-bond acceptors (Lipinski definition) is 4. The molecule has 0 fully saturated rings. The number of H-pyrrole nitrogens is 1. The molecule has 0 radical (unpaired) electrons. The summed E-state index contributed by atoms with van der Waals surface area (Å²) in [5, 5.41) is 6.27. The Morgan fingerprint density at radius 2 is 1.95 bits per heavy atom. The number of aryl methyl sites for hydroxylation is 2. The highest BCUT2D eigenvalue weighted by Gasteiger charge is 2.08. The quantitative estimate of drug-likeness (QED) is 0.806. The second kappa shape index (κ2) is 5.48. The van der Waals surface area contributed by atoms with E-state index in [0.29, 0.717) is 17.4 Å². The molecule has 0 aliphatic carbocycles. The Kier molecular flexibility index (Phi) is 3.50. The average Bonchev–Trinajstić information content (AvgIpc) is 2.84. The molecule has 0 amide bonds. The molecular formula is C16H16N4O2. The Bertz CT molecular complexity index is 863. The van der Waals surface area contributed by atoms with Crippen molar-refractivity contribution in [2.24, 2.45) is 0 Å². The van der Waals surface area contributed by atoms with Gasteiger partial charge in [0.2, 0.25) is 5.88 Å². The van der Waals surface area contributed by atoms with Gasteiger partial charge in [-0.25, -0.2) is 19.4 Å². The van der Waals surface area contributed by atoms with Crippen molar-refractivity contribution in [1.29, 1.82) is 0 Å². The van der Waals surface area contributed by atoms with Crippen LogP contribution in [0.15, 0.2) is 41.3 Å². The van der Waals surface area contributed by atoms with Crippen molar-refractivity contribution in [3.8, 4) is 17.3 Å². The summed E-state index contributed by atoms with van der Waals surface area (Å²) in [4.78, 5) is 15.9. The Morgan fingerprint density at radius 3 is 2.59 bits per heavy atom. The summed E-state index contributed by atoms with van der Waals surface area (Å²) < 4.78 is 7.25. The van der Waals surface area contributed by atoms with Gasteiger partial charge in [0.1, 0.15) is 11.6 Å². The second-order valence-electron chi connectivity index (χ2n) is 5.07. The third-order valence-electron chi connectivity index (χ3n) is 3.59. The molecule has 3 aromatic rings. The van der Waals surface area contributed by atoms with Crippen LogP contribution in [0.1, 0.15) is 17.0 Å². The first-order chi connectivity index (χ1) is 10.6. The minimum Gasteiger partial charge on any atom is -0.439 e. The van der Waals surface area contributed by atoms with Crippen molar-refractivity contribution in [1.82, 2.24) is 19.7 Å². The molecule has 112 valence electrons. The van der Waals surface area contributed by atoms with Crippen LogP contribution in [0.25, 0.3) is 5.69 Å². The lowest BCUT2D eigenvalue weighted by atomic mass is 10.1. The number of rotatable bonds is 3. The van der Waals surface area contributed by atoms with Gasteiger partial charge < -0.3 is 4.74 Å². The van der Waals surface area contributed by atoms with Gasteiger partial charge in [0, 0.05) is 6.07 Å². The standard InChI is InChI=1S/C16H16N4O2/c1-10-5-4-6-14(11(10)2)22-15-8-7-13(9-17-15)20-12(3)18-19-16(20)21/h4-9H,1-3H3,(H,19,21). The molecule has 0 aliphatic heterocycles. The van der Waals surface area contributed by atoms with Crippen molar-refractivity contribution in [3.05, 3.63) is 64.0 Å². The predicted molar refractivity (Wildman–Crippen MR) is 82.7 cm³/mol. The lowest BCUT2D eigenvalue weighted by Gasteiger charge is -2.10. The first-order valence-corrected chi connectivity index (χ1v) is 6.91. The van der Waals surface area contributed by atoms with Crippen LogP contribution in [-0.2, 0) is 0 Å². The molecule has 3 rings (SSSR count). The van der Waals surface area contributed by atoms with Crippen LogP contribution < -0.4 is 10.4 Å². The molecule has 1 N–H and O–H groups in total. The van der Waals surface area contributed by atoms with E-state index in [2.05, 4.69) is 15.2 Å². The summed E-state index contributed by atoms with van der Waals surface area (Å²) >= 11 is 0. The van der Waals surface area contributed by atoms with Gasteiger partial charge in [0.05, 0.1) is 11.9 Å². The van der Waals surface area contributed by atoms with E-state index in [1.165, 1.54) is 4.57 Å². The molecule has 0 bridgehead atoms. The summed E-state index contributed by atoms with van der Waals surface area (Å²) in [5.41, 5.74) is 2.59. The molecule has 0 saturated heterocycles. The maximum Gasteiger partial charge on any atom is 0.347 e. The number of hydrogen-bond donors (Lipinski definition) is 1. The first kappa shape index (κ1) is 14.1. The van der Waals surface area contributed by atoms with E-state index in [4.69, 9.17) is 4.74 Å². The van der Waals surface area contributed by atoms with Crippen LogP contribution in [0.4, 0.5) is 0 Å². The second-order valence-corrected chi connectivity index (χ2v) is 5.07. The highest BCUT2D eigenvalue weighted by molar-refractivity contribution is 5.41. The number of aromatic amines is 1. The summed E-state index contributed by atoms with van der Waals surface area (Å²) in [5.74, 6) is 1.83. The molecular weight excluding hydrogens is 280 g/mol. The molecule has 0 aliphatic rings. The molecule has 0 unspecified atom stereocenters. The van der Waals surface area contributed by atoms with Crippen molar-refractivity contribution in [3.63, 3.8) is 0 Å². The minimum atomic E-state index is -0.289. The summed E-state index contributed by atoms with van der Waals surface area (Å²) in [7, 11) is 0. The summed E-state index contributed by atoms with van der Waals surface area (Å²) in [6, 6.07) is 9.39. The zero-order valence-corrected chi connectivity index (χ0v) is 12.6. The molecule has 1 aromatic carbocycles. The molecule has 0 spiro atoms. The molecule has 2 aromatic heterocycles. The van der Waals surface area contributed by atoms with Crippen LogP contribution in [0, 0.1) is 20.8 Å². The highest BCUT2D eigenvalue weighted by atomic mass is 16.5. The van der Waals surface area contributed by atoms with Gasteiger partial charge in [-0.3, -0.25) is 0 Å². The van der Waals surface area contributed by atoms with E-state index in [0.717, 1.165) is 16.9 Å². The lowest BCUT2D eigenvalue weighted by Crippen LogP contribution is -2.15. The molecule has 0 atom stereocenters. The van der Waals surface area contributed by atoms with Crippen LogP contribution in [0.3, 0.4) is 0 Å². The normalized spacial score (nSPS) is 10.7. The van der Waals surface area contributed by atoms with Gasteiger partial charge >= 0.3 is 5.69 Å². The Hall–Kier alpha value is -2.89. The topological polar surface area (TPSA) is 72.8 Å². The highest BCUT2D eigenvalue weighted by Crippen LogP contribution is 2.25. The number of aromatic nitrogens is 4. The van der Waals surface area contributed by atoms with Crippen molar-refractivity contribution in [2.75, 3.05) is 0 Å². The Balaban J connectivity index is 1.89. The van der Waals surface area contributed by atoms with Crippen molar-refractivity contribution < 1.29 is 4.74 Å². The van der Waals surface area contributed by atoms with E-state index in [1.807, 2.05) is 32.0 Å². The van der Waals surface area contributed by atoms with E-state index in [1.54, 1.807) is 25.3 Å². The number of pyridine rings is 1. The molecule has 22 heavy (non-hydrogen) atoms. The SMILES string of the molecule is Cc1cccc(Oc2ccc(-n3c(C)n[nH]c3=O)cn2)c1C. The van der Waals surface area contributed by atoms with Crippen molar-refractivity contribution >= 4 is 0 Å². The number of benzene rings is 1. The van der Waals surface area contributed by atoms with Gasteiger partial charge in [-0.15, -0.1) is 0 Å². The monoisotopic (exact) mass is 296 g/mol. The summed E-state index contributed by atoms with van der Waals surface area (Å²) in [6.45, 7) is 5.79. The Morgan fingerprint density at radius 1 is 1.14 bits per heavy atom. The smallest absolute Gasteiger partial charge is 0.347 e. The third kappa shape index (κ3) is 2.50. The van der Waals surface area contributed by atoms with E-state index in [9.17, 15) is 4.79 Å². The maximum absolute atomic E-state index is 11.7. The molecule has 2 heterocycles. The number of nitrogens with zero attached hydrogens (tertiary/aromatic N) is 3. The van der Waals surface area contributed by atoms with E-state index in [-0.39, 0.29) is 5.69 Å². The zero-order chi connectivity index (χ0) is 15.7. The van der Waals surface area contributed by atoms with Gasteiger partial charge in [0.25, 0.3) is 0 Å². The molecule has 0 saturated carbocycles. The average molecular weight is 296 g/mol. The largest absolute Gasteiger partial charge is 0.439 e. The summed E-state index contributed by atoms with van der Waals surface area (Å²) in [6.07, 6.45) is 1.59. The van der Waals surface area contributed by atoms with E-state index < -0.39 is 0 Å².